The molecule has 0 aliphatic heterocycles. The first-order valence-corrected chi connectivity index (χ1v) is 12.9. The van der Waals surface area contributed by atoms with Gasteiger partial charge in [0, 0.05) is 12.8 Å². The molecule has 0 fully saturated rings. The van der Waals surface area contributed by atoms with Crippen molar-refractivity contribution in [3.63, 3.8) is 0 Å². The van der Waals surface area contributed by atoms with E-state index in [0.717, 1.165) is 64.2 Å². The van der Waals surface area contributed by atoms with Crippen LogP contribution in [0.25, 0.3) is 0 Å². The summed E-state index contributed by atoms with van der Waals surface area (Å²) in [6.45, 7) is 7.66. The van der Waals surface area contributed by atoms with Gasteiger partial charge in [-0.2, -0.15) is 0 Å². The lowest BCUT2D eigenvalue weighted by Crippen LogP contribution is -2.12. The second kappa shape index (κ2) is 22.6. The average Bonchev–Trinajstić information content (AvgIpc) is 2.74. The molecule has 178 valence electrons. The minimum atomic E-state index is -0.0265. The molecule has 0 N–H and O–H groups in total. The van der Waals surface area contributed by atoms with E-state index in [4.69, 9.17) is 9.47 Å². The Morgan fingerprint density at radius 2 is 1.10 bits per heavy atom. The molecule has 30 heavy (non-hydrogen) atoms. The van der Waals surface area contributed by atoms with Gasteiger partial charge in [-0.15, -0.1) is 0 Å². The van der Waals surface area contributed by atoms with Gasteiger partial charge in [0.1, 0.15) is 0 Å². The molecule has 0 aromatic carbocycles. The lowest BCUT2D eigenvalue weighted by atomic mass is 9.95. The highest BCUT2D eigenvalue weighted by molar-refractivity contribution is 5.69. The Hall–Kier alpha value is -1.06. The van der Waals surface area contributed by atoms with Crippen LogP contribution in [0, 0.1) is 5.92 Å². The first-order chi connectivity index (χ1) is 14.6. The molecule has 0 aliphatic rings. The summed E-state index contributed by atoms with van der Waals surface area (Å²) in [4.78, 5) is 23.5. The van der Waals surface area contributed by atoms with Gasteiger partial charge in [-0.05, 0) is 31.6 Å². The summed E-state index contributed by atoms with van der Waals surface area (Å²) >= 11 is 0. The van der Waals surface area contributed by atoms with Crippen LogP contribution in [0.5, 0.6) is 0 Å². The zero-order valence-corrected chi connectivity index (χ0v) is 20.4. The van der Waals surface area contributed by atoms with Crippen LogP contribution in [0.2, 0.25) is 0 Å². The first kappa shape index (κ1) is 28.9. The molecule has 0 aromatic heterocycles. The highest BCUT2D eigenvalue weighted by Crippen LogP contribution is 2.19. The fraction of sp³-hybridized carbons (Fsp3) is 0.923. The average molecular weight is 427 g/mol. The van der Waals surface area contributed by atoms with Crippen LogP contribution in [0.4, 0.5) is 0 Å². The van der Waals surface area contributed by atoms with Gasteiger partial charge < -0.3 is 9.47 Å². The molecule has 4 nitrogen and oxygen atoms in total. The maximum atomic E-state index is 11.9. The van der Waals surface area contributed by atoms with Crippen LogP contribution in [-0.2, 0) is 19.1 Å². The minimum Gasteiger partial charge on any atom is -0.466 e. The highest BCUT2D eigenvalue weighted by Gasteiger charge is 2.13. The Morgan fingerprint density at radius 1 is 0.600 bits per heavy atom. The quantitative estimate of drug-likeness (QED) is 0.131. The van der Waals surface area contributed by atoms with E-state index in [-0.39, 0.29) is 11.9 Å². The Balaban J connectivity index is 3.46. The van der Waals surface area contributed by atoms with Crippen molar-refractivity contribution in [3.8, 4) is 0 Å². The number of hydrogen-bond donors (Lipinski definition) is 0. The van der Waals surface area contributed by atoms with Crippen molar-refractivity contribution in [1.82, 2.24) is 0 Å². The van der Waals surface area contributed by atoms with Gasteiger partial charge in [-0.3, -0.25) is 9.59 Å². The minimum absolute atomic E-state index is 0.0113. The normalized spacial score (nSPS) is 12.0. The number of rotatable bonds is 22. The summed E-state index contributed by atoms with van der Waals surface area (Å²) in [5, 5.41) is 0. The smallest absolute Gasteiger partial charge is 0.306 e. The largest absolute Gasteiger partial charge is 0.466 e. The summed E-state index contributed by atoms with van der Waals surface area (Å²) in [7, 11) is 0. The number of unbranched alkanes of at least 4 members (excludes halogenated alkanes) is 11. The molecule has 1 unspecified atom stereocenters. The molecule has 0 amide bonds. The Morgan fingerprint density at radius 3 is 1.63 bits per heavy atom. The zero-order valence-electron chi connectivity index (χ0n) is 20.4. The van der Waals surface area contributed by atoms with Gasteiger partial charge in [0.15, 0.2) is 0 Å². The van der Waals surface area contributed by atoms with E-state index in [1.54, 1.807) is 0 Å². The Kier molecular flexibility index (Phi) is 21.8. The van der Waals surface area contributed by atoms with Crippen molar-refractivity contribution in [3.05, 3.63) is 0 Å². The van der Waals surface area contributed by atoms with Crippen LogP contribution in [0.15, 0.2) is 0 Å². The van der Waals surface area contributed by atoms with Crippen molar-refractivity contribution >= 4 is 11.9 Å². The molecule has 0 aliphatic carbocycles. The van der Waals surface area contributed by atoms with E-state index < -0.39 is 0 Å². The molecular weight excluding hydrogens is 376 g/mol. The van der Waals surface area contributed by atoms with Gasteiger partial charge in [0.05, 0.1) is 13.2 Å². The molecule has 0 bridgehead atoms. The third-order valence-corrected chi connectivity index (χ3v) is 5.80. The van der Waals surface area contributed by atoms with Gasteiger partial charge in [0.2, 0.25) is 0 Å². The molecule has 1 atom stereocenters. The maximum Gasteiger partial charge on any atom is 0.306 e. The van der Waals surface area contributed by atoms with Crippen molar-refractivity contribution in [1.29, 1.82) is 0 Å². The standard InChI is InChI=1S/C26H50O4/c1-4-7-17-21-29-25(27)20-16-14-12-10-9-11-13-15-19-24(6-3)23-26(28)30-22-18-8-5-2/h24H,4-23H2,1-3H3. The highest BCUT2D eigenvalue weighted by atomic mass is 16.5. The first-order valence-electron chi connectivity index (χ1n) is 12.9. The van der Waals surface area contributed by atoms with Crippen LogP contribution in [0.1, 0.15) is 136 Å². The third kappa shape index (κ3) is 20.2. The number of ether oxygens (including phenoxy) is 2. The second-order valence-corrected chi connectivity index (χ2v) is 8.70. The van der Waals surface area contributed by atoms with Gasteiger partial charge in [-0.1, -0.05) is 97.8 Å². The molecule has 0 aromatic rings. The molecule has 0 saturated heterocycles. The van der Waals surface area contributed by atoms with Crippen LogP contribution in [-0.4, -0.2) is 25.2 Å². The molecule has 0 heterocycles. The lowest BCUT2D eigenvalue weighted by Gasteiger charge is -2.14. The van der Waals surface area contributed by atoms with E-state index in [1.807, 2.05) is 0 Å². The van der Waals surface area contributed by atoms with Crippen molar-refractivity contribution in [2.24, 2.45) is 5.92 Å². The van der Waals surface area contributed by atoms with E-state index in [9.17, 15) is 9.59 Å². The fourth-order valence-electron chi connectivity index (χ4n) is 3.66. The predicted octanol–water partition coefficient (Wildman–Crippen LogP) is 7.77. The summed E-state index contributed by atoms with van der Waals surface area (Å²) in [5.74, 6) is 0.439. The summed E-state index contributed by atoms with van der Waals surface area (Å²) in [6, 6.07) is 0. The van der Waals surface area contributed by atoms with E-state index >= 15 is 0 Å². The number of hydrogen-bond acceptors (Lipinski definition) is 4. The number of esters is 2. The molecular formula is C26H50O4. The Bertz CT molecular complexity index is 394. The monoisotopic (exact) mass is 426 g/mol. The molecule has 0 radical (unpaired) electrons. The van der Waals surface area contributed by atoms with Crippen LogP contribution >= 0.6 is 0 Å². The summed E-state index contributed by atoms with van der Waals surface area (Å²) in [5.41, 5.74) is 0. The number of carbonyl (C=O) groups is 2. The van der Waals surface area contributed by atoms with Crippen molar-refractivity contribution < 1.29 is 19.1 Å². The maximum absolute atomic E-state index is 11.9. The molecule has 0 rings (SSSR count). The summed E-state index contributed by atoms with van der Waals surface area (Å²) < 4.78 is 10.6. The SMILES string of the molecule is CCCCCOC(=O)CCCCCCCCCCC(CC)CC(=O)OCCCCC. The topological polar surface area (TPSA) is 52.6 Å². The van der Waals surface area contributed by atoms with E-state index in [1.165, 1.54) is 38.5 Å². The fourth-order valence-corrected chi connectivity index (χ4v) is 3.66. The Labute approximate surface area is 186 Å². The van der Waals surface area contributed by atoms with Gasteiger partial charge in [0.25, 0.3) is 0 Å². The number of carbonyl (C=O) groups excluding carboxylic acids is 2. The van der Waals surface area contributed by atoms with Crippen LogP contribution < -0.4 is 0 Å². The molecule has 0 saturated carbocycles. The van der Waals surface area contributed by atoms with Crippen molar-refractivity contribution in [2.75, 3.05) is 13.2 Å². The van der Waals surface area contributed by atoms with Gasteiger partial charge >= 0.3 is 11.9 Å². The zero-order chi connectivity index (χ0) is 22.3. The van der Waals surface area contributed by atoms with Crippen molar-refractivity contribution in [2.45, 2.75) is 136 Å². The van der Waals surface area contributed by atoms with E-state index in [0.29, 0.717) is 32.0 Å². The third-order valence-electron chi connectivity index (χ3n) is 5.80. The van der Waals surface area contributed by atoms with Gasteiger partial charge in [-0.25, -0.2) is 0 Å². The molecule has 0 spiro atoms. The van der Waals surface area contributed by atoms with E-state index in [2.05, 4.69) is 20.8 Å². The summed E-state index contributed by atoms with van der Waals surface area (Å²) in [6.07, 6.45) is 19.5. The predicted molar refractivity (Wildman–Crippen MR) is 126 cm³/mol. The second-order valence-electron chi connectivity index (χ2n) is 8.70. The lowest BCUT2D eigenvalue weighted by molar-refractivity contribution is -0.145. The van der Waals surface area contributed by atoms with Crippen LogP contribution in [0.3, 0.4) is 0 Å². The molecule has 4 heteroatoms.